The summed E-state index contributed by atoms with van der Waals surface area (Å²) in [5.41, 5.74) is 2.33. The number of fused-ring (bicyclic) bond motifs is 1. The lowest BCUT2D eigenvalue weighted by Gasteiger charge is -2.44. The molecule has 0 spiro atoms. The van der Waals surface area contributed by atoms with Crippen LogP contribution in [0.25, 0.3) is 0 Å². The van der Waals surface area contributed by atoms with Crippen molar-refractivity contribution in [3.8, 4) is 0 Å². The van der Waals surface area contributed by atoms with E-state index in [1.807, 2.05) is 0 Å². The van der Waals surface area contributed by atoms with E-state index in [1.165, 1.54) is 31.9 Å². The van der Waals surface area contributed by atoms with Gasteiger partial charge in [-0.25, -0.2) is 10.8 Å². The van der Waals surface area contributed by atoms with Gasteiger partial charge in [0, 0.05) is 12.6 Å². The third-order valence-electron chi connectivity index (χ3n) is 4.59. The van der Waals surface area contributed by atoms with Gasteiger partial charge in [-0.05, 0) is 31.6 Å². The first-order valence-corrected chi connectivity index (χ1v) is 7.45. The van der Waals surface area contributed by atoms with Crippen LogP contribution in [-0.2, 0) is 0 Å². The van der Waals surface area contributed by atoms with Gasteiger partial charge in [-0.1, -0.05) is 12.8 Å². The number of piperidine rings is 1. The van der Waals surface area contributed by atoms with E-state index in [0.717, 1.165) is 19.4 Å². The van der Waals surface area contributed by atoms with Crippen molar-refractivity contribution in [2.24, 2.45) is 11.8 Å². The molecular weight excluding hydrogens is 272 g/mol. The summed E-state index contributed by atoms with van der Waals surface area (Å²) in [6, 6.07) is 0.353. The van der Waals surface area contributed by atoms with Crippen molar-refractivity contribution < 1.29 is 4.92 Å². The van der Waals surface area contributed by atoms with Crippen molar-refractivity contribution in [3.05, 3.63) is 16.3 Å². The number of nitrogens with one attached hydrogen (secondary N) is 1. The summed E-state index contributed by atoms with van der Waals surface area (Å²) in [5.74, 6) is 6.58. The first kappa shape index (κ1) is 14.0. The molecule has 3 rings (SSSR count). The summed E-state index contributed by atoms with van der Waals surface area (Å²) < 4.78 is 0. The van der Waals surface area contributed by atoms with E-state index in [2.05, 4.69) is 20.3 Å². The van der Waals surface area contributed by atoms with Crippen molar-refractivity contribution in [2.75, 3.05) is 16.9 Å². The van der Waals surface area contributed by atoms with Crippen LogP contribution in [0.1, 0.15) is 38.5 Å². The molecule has 0 bridgehead atoms. The Labute approximate surface area is 122 Å². The predicted octanol–water partition coefficient (Wildman–Crippen LogP) is 1.83. The molecule has 0 amide bonds. The molecular formula is C13H20N6O2. The molecule has 3 N–H and O–H groups in total. The van der Waals surface area contributed by atoms with E-state index in [0.29, 0.717) is 17.8 Å². The molecule has 1 saturated carbocycles. The van der Waals surface area contributed by atoms with Gasteiger partial charge in [0.2, 0.25) is 11.8 Å². The molecule has 1 aliphatic heterocycles. The highest BCUT2D eigenvalue weighted by Gasteiger charge is 2.37. The number of nitrogens with zero attached hydrogens (tertiary/aromatic N) is 4. The summed E-state index contributed by atoms with van der Waals surface area (Å²) >= 11 is 0. The number of hydrogen-bond donors (Lipinski definition) is 2. The van der Waals surface area contributed by atoms with E-state index >= 15 is 0 Å². The maximum Gasteiger partial charge on any atom is 0.329 e. The Morgan fingerprint density at radius 2 is 2.10 bits per heavy atom. The highest BCUT2D eigenvalue weighted by atomic mass is 16.6. The molecule has 8 heteroatoms. The van der Waals surface area contributed by atoms with E-state index in [-0.39, 0.29) is 11.6 Å². The summed E-state index contributed by atoms with van der Waals surface area (Å²) in [6.45, 7) is 0.809. The molecule has 0 unspecified atom stereocenters. The minimum atomic E-state index is -0.415. The van der Waals surface area contributed by atoms with Crippen LogP contribution in [0.3, 0.4) is 0 Å². The van der Waals surface area contributed by atoms with Gasteiger partial charge in [0.1, 0.15) is 6.20 Å². The fourth-order valence-electron chi connectivity index (χ4n) is 3.66. The minimum Gasteiger partial charge on any atom is -0.347 e. The smallest absolute Gasteiger partial charge is 0.329 e. The molecule has 2 atom stereocenters. The number of hydrazine groups is 1. The molecule has 2 fully saturated rings. The Bertz CT molecular complexity index is 535. The largest absolute Gasteiger partial charge is 0.347 e. The van der Waals surface area contributed by atoms with Crippen molar-refractivity contribution in [1.29, 1.82) is 0 Å². The zero-order chi connectivity index (χ0) is 14.8. The van der Waals surface area contributed by atoms with Crippen molar-refractivity contribution in [1.82, 2.24) is 9.97 Å². The lowest BCUT2D eigenvalue weighted by Crippen LogP contribution is -2.47. The van der Waals surface area contributed by atoms with E-state index < -0.39 is 4.92 Å². The fraction of sp³-hybridized carbons (Fsp3) is 0.692. The second-order valence-electron chi connectivity index (χ2n) is 5.75. The molecule has 0 radical (unpaired) electrons. The molecule has 1 saturated heterocycles. The normalized spacial score (nSPS) is 25.3. The van der Waals surface area contributed by atoms with Crippen LogP contribution in [-0.4, -0.2) is 27.5 Å². The topological polar surface area (TPSA) is 110 Å². The average molecular weight is 292 g/mol. The Morgan fingerprint density at radius 3 is 2.86 bits per heavy atom. The monoisotopic (exact) mass is 292 g/mol. The second kappa shape index (κ2) is 5.80. The Morgan fingerprint density at radius 1 is 1.33 bits per heavy atom. The van der Waals surface area contributed by atoms with Gasteiger partial charge in [0.15, 0.2) is 0 Å². The van der Waals surface area contributed by atoms with Crippen LogP contribution < -0.4 is 16.2 Å². The van der Waals surface area contributed by atoms with E-state index in [1.54, 1.807) is 0 Å². The minimum absolute atomic E-state index is 0.0415. The maximum absolute atomic E-state index is 11.3. The summed E-state index contributed by atoms with van der Waals surface area (Å²) in [7, 11) is 0. The van der Waals surface area contributed by atoms with Crippen LogP contribution in [0.15, 0.2) is 6.20 Å². The summed E-state index contributed by atoms with van der Waals surface area (Å²) in [4.78, 5) is 21.1. The van der Waals surface area contributed by atoms with Gasteiger partial charge in [0.05, 0.1) is 4.92 Å². The molecule has 114 valence electrons. The van der Waals surface area contributed by atoms with E-state index in [9.17, 15) is 10.1 Å². The summed E-state index contributed by atoms with van der Waals surface area (Å²) in [5, 5.41) is 11.3. The predicted molar refractivity (Wildman–Crippen MR) is 78.8 cm³/mol. The Hall–Kier alpha value is -1.96. The van der Waals surface area contributed by atoms with Crippen molar-refractivity contribution in [2.45, 2.75) is 44.6 Å². The number of nitrogen functional groups attached to an aromatic ring is 1. The first-order valence-electron chi connectivity index (χ1n) is 7.45. The SMILES string of the molecule is NNc1ncc([N+](=O)[O-])c(N2CCC[C@H]3CCCC[C@H]32)n1. The summed E-state index contributed by atoms with van der Waals surface area (Å²) in [6.07, 6.45) is 8.23. The van der Waals surface area contributed by atoms with Crippen LogP contribution in [0.2, 0.25) is 0 Å². The van der Waals surface area contributed by atoms with Crippen molar-refractivity contribution >= 4 is 17.5 Å². The average Bonchev–Trinajstić information content (AvgIpc) is 2.53. The number of nitrogens with two attached hydrogens (primary N) is 1. The number of nitro groups is 1. The zero-order valence-corrected chi connectivity index (χ0v) is 11.9. The van der Waals surface area contributed by atoms with E-state index in [4.69, 9.17) is 5.84 Å². The maximum atomic E-state index is 11.3. The lowest BCUT2D eigenvalue weighted by atomic mass is 9.78. The molecule has 1 aromatic heterocycles. The molecule has 0 aromatic carbocycles. The van der Waals surface area contributed by atoms with Gasteiger partial charge in [0.25, 0.3) is 0 Å². The number of aromatic nitrogens is 2. The van der Waals surface area contributed by atoms with Crippen LogP contribution in [0, 0.1) is 16.0 Å². The molecule has 8 nitrogen and oxygen atoms in total. The standard InChI is InChI=1S/C13H20N6O2/c14-17-13-15-8-11(19(20)21)12(16-13)18-7-3-5-9-4-1-2-6-10(9)18/h8-10H,1-7,14H2,(H,15,16,17)/t9-,10-/m1/s1. The Kier molecular flexibility index (Phi) is 3.87. The van der Waals surface area contributed by atoms with Gasteiger partial charge in [-0.15, -0.1) is 0 Å². The number of hydrogen-bond acceptors (Lipinski definition) is 7. The zero-order valence-electron chi connectivity index (χ0n) is 11.9. The van der Waals surface area contributed by atoms with Gasteiger partial charge < -0.3 is 4.90 Å². The third-order valence-corrected chi connectivity index (χ3v) is 4.59. The molecule has 1 aromatic rings. The van der Waals surface area contributed by atoms with Crippen LogP contribution in [0.5, 0.6) is 0 Å². The Balaban J connectivity index is 1.98. The van der Waals surface area contributed by atoms with Gasteiger partial charge >= 0.3 is 5.69 Å². The quantitative estimate of drug-likeness (QED) is 0.496. The van der Waals surface area contributed by atoms with Crippen LogP contribution in [0.4, 0.5) is 17.5 Å². The molecule has 2 aliphatic rings. The second-order valence-corrected chi connectivity index (χ2v) is 5.75. The third kappa shape index (κ3) is 2.63. The van der Waals surface area contributed by atoms with Gasteiger partial charge in [-0.2, -0.15) is 4.98 Å². The lowest BCUT2D eigenvalue weighted by molar-refractivity contribution is -0.384. The molecule has 2 heterocycles. The van der Waals surface area contributed by atoms with Crippen molar-refractivity contribution in [3.63, 3.8) is 0 Å². The van der Waals surface area contributed by atoms with Crippen LogP contribution >= 0.6 is 0 Å². The molecule has 21 heavy (non-hydrogen) atoms. The highest BCUT2D eigenvalue weighted by molar-refractivity contribution is 5.59. The molecule has 1 aliphatic carbocycles. The fourth-order valence-corrected chi connectivity index (χ4v) is 3.66. The first-order chi connectivity index (χ1) is 10.2. The number of anilines is 2. The number of rotatable bonds is 3. The highest BCUT2D eigenvalue weighted by Crippen LogP contribution is 2.39. The van der Waals surface area contributed by atoms with Gasteiger partial charge in [-0.3, -0.25) is 15.5 Å².